The molecule has 0 spiro atoms. The van der Waals surface area contributed by atoms with Crippen molar-refractivity contribution in [3.8, 4) is 0 Å². The number of hydrogen-bond acceptors (Lipinski definition) is 3. The topological polar surface area (TPSA) is 112 Å². The Morgan fingerprint density at radius 2 is 0.545 bits per heavy atom. The standard InChI is InChI=1S/3C2HCl3O2.Y/c3*3-2(4,5)1(6)7;/h3*(H,6,7);. The van der Waals surface area contributed by atoms with Crippen molar-refractivity contribution >= 4 is 122 Å². The van der Waals surface area contributed by atoms with Crippen molar-refractivity contribution in [2.45, 2.75) is 11.4 Å². The minimum atomic E-state index is -2.17. The summed E-state index contributed by atoms with van der Waals surface area (Å²) in [6.07, 6.45) is 0. The van der Waals surface area contributed by atoms with Crippen molar-refractivity contribution in [2.75, 3.05) is 0 Å². The molecule has 0 aliphatic rings. The summed E-state index contributed by atoms with van der Waals surface area (Å²) in [6.45, 7) is 0. The first-order valence-electron chi connectivity index (χ1n) is 3.73. The quantitative estimate of drug-likeness (QED) is 0.369. The van der Waals surface area contributed by atoms with Crippen LogP contribution in [-0.4, -0.2) is 44.6 Å². The van der Waals surface area contributed by atoms with Gasteiger partial charge in [-0.25, -0.2) is 14.4 Å². The Balaban J connectivity index is -0.000000108. The fourth-order valence-corrected chi connectivity index (χ4v) is 0. The van der Waals surface area contributed by atoms with E-state index in [1.807, 2.05) is 0 Å². The number of halogens is 9. The van der Waals surface area contributed by atoms with Crippen molar-refractivity contribution < 1.29 is 62.4 Å². The van der Waals surface area contributed by atoms with Gasteiger partial charge < -0.3 is 15.3 Å². The summed E-state index contributed by atoms with van der Waals surface area (Å²) in [5, 5.41) is 23.6. The van der Waals surface area contributed by atoms with Crippen LogP contribution >= 0.6 is 104 Å². The molecule has 0 fully saturated rings. The van der Waals surface area contributed by atoms with Crippen LogP contribution in [0.25, 0.3) is 0 Å². The Morgan fingerprint density at radius 1 is 0.500 bits per heavy atom. The minimum Gasteiger partial charge on any atom is -0.478 e. The van der Waals surface area contributed by atoms with Gasteiger partial charge in [0.25, 0.3) is 11.4 Å². The zero-order chi connectivity index (χ0) is 18.2. The molecule has 0 unspecified atom stereocenters. The first kappa shape index (κ1) is 31.9. The number of carbonyl (C=O) groups is 3. The van der Waals surface area contributed by atoms with Gasteiger partial charge in [0.05, 0.1) is 0 Å². The fourth-order valence-electron chi connectivity index (χ4n) is 0. The Hall–Kier alpha value is 2.12. The zero-order valence-electron chi connectivity index (χ0n) is 9.55. The maximum atomic E-state index is 9.62. The molecule has 1 radical (unpaired) electrons. The second-order valence-electron chi connectivity index (χ2n) is 2.41. The van der Waals surface area contributed by atoms with E-state index in [9.17, 15) is 14.4 Å². The monoisotopic (exact) mass is 575 g/mol. The molecule has 0 amide bonds. The summed E-state index contributed by atoms with van der Waals surface area (Å²) in [7, 11) is 0. The third kappa shape index (κ3) is 24.4. The average molecular weight is 579 g/mol. The first-order chi connectivity index (χ1) is 8.83. The van der Waals surface area contributed by atoms with Crippen molar-refractivity contribution in [1.29, 1.82) is 0 Å². The van der Waals surface area contributed by atoms with Gasteiger partial charge in [0, 0.05) is 32.7 Å². The van der Waals surface area contributed by atoms with Gasteiger partial charge in [0.15, 0.2) is 0 Å². The Kier molecular flexibility index (Phi) is 19.3. The molecule has 0 atom stereocenters. The molecule has 0 saturated heterocycles. The van der Waals surface area contributed by atoms with Gasteiger partial charge in [0.1, 0.15) is 0 Å². The molecule has 0 bridgehead atoms. The number of rotatable bonds is 0. The van der Waals surface area contributed by atoms with E-state index in [1.165, 1.54) is 0 Å². The van der Waals surface area contributed by atoms with Crippen LogP contribution in [0.1, 0.15) is 0 Å². The molecule has 0 aromatic rings. The summed E-state index contributed by atoms with van der Waals surface area (Å²) in [6, 6.07) is 0. The minimum absolute atomic E-state index is 0. The van der Waals surface area contributed by atoms with Crippen LogP contribution in [0.3, 0.4) is 0 Å². The Labute approximate surface area is 194 Å². The van der Waals surface area contributed by atoms with E-state index in [4.69, 9.17) is 120 Å². The molecule has 0 heterocycles. The van der Waals surface area contributed by atoms with Crippen LogP contribution in [0.2, 0.25) is 0 Å². The summed E-state index contributed by atoms with van der Waals surface area (Å²) in [5.41, 5.74) is 0. The van der Waals surface area contributed by atoms with Gasteiger partial charge in [-0.2, -0.15) is 0 Å². The number of aliphatic carboxylic acids is 3. The van der Waals surface area contributed by atoms with Gasteiger partial charge in [-0.05, 0) is 0 Å². The maximum absolute atomic E-state index is 9.62. The molecular weight excluding hydrogens is 576 g/mol. The summed E-state index contributed by atoms with van der Waals surface area (Å²) in [5.74, 6) is -4.38. The van der Waals surface area contributed by atoms with Gasteiger partial charge in [-0.1, -0.05) is 104 Å². The van der Waals surface area contributed by atoms with Crippen molar-refractivity contribution in [3.63, 3.8) is 0 Å². The normalized spacial score (nSPS) is 10.8. The number of alkyl halides is 9. The van der Waals surface area contributed by atoms with Crippen molar-refractivity contribution in [3.05, 3.63) is 0 Å². The van der Waals surface area contributed by atoms with Crippen LogP contribution in [0.15, 0.2) is 0 Å². The van der Waals surface area contributed by atoms with Gasteiger partial charge in [-0.15, -0.1) is 0 Å². The third-order valence-corrected chi connectivity index (χ3v) is 2.18. The predicted molar refractivity (Wildman–Crippen MR) is 83.8 cm³/mol. The van der Waals surface area contributed by atoms with Gasteiger partial charge >= 0.3 is 17.9 Å². The van der Waals surface area contributed by atoms with E-state index >= 15 is 0 Å². The molecule has 0 aliphatic carbocycles. The molecule has 0 rings (SSSR count). The van der Waals surface area contributed by atoms with E-state index < -0.39 is 29.3 Å². The summed E-state index contributed by atoms with van der Waals surface area (Å²) in [4.78, 5) is 28.9. The molecule has 6 nitrogen and oxygen atoms in total. The molecule has 0 aromatic carbocycles. The van der Waals surface area contributed by atoms with Crippen LogP contribution in [0.5, 0.6) is 0 Å². The van der Waals surface area contributed by atoms with Crippen LogP contribution in [-0.2, 0) is 47.1 Å². The average Bonchev–Trinajstić information content (AvgIpc) is 2.14. The van der Waals surface area contributed by atoms with Gasteiger partial charge in [0.2, 0.25) is 0 Å². The van der Waals surface area contributed by atoms with E-state index in [-0.39, 0.29) is 32.7 Å². The van der Waals surface area contributed by atoms with Crippen LogP contribution in [0.4, 0.5) is 0 Å². The summed E-state index contributed by atoms with van der Waals surface area (Å²) >= 11 is 43.2. The maximum Gasteiger partial charge on any atom is 0.356 e. The third-order valence-electron chi connectivity index (χ3n) is 0.728. The number of carboxylic acid groups (broad SMARTS) is 3. The first-order valence-corrected chi connectivity index (χ1v) is 7.14. The predicted octanol–water partition coefficient (Wildman–Crippen LogP) is 4.32. The molecular formula is C6H3Cl9O6Y. The van der Waals surface area contributed by atoms with E-state index in [2.05, 4.69) is 0 Å². The van der Waals surface area contributed by atoms with E-state index in [1.54, 1.807) is 0 Å². The molecule has 16 heteroatoms. The molecule has 22 heavy (non-hydrogen) atoms. The van der Waals surface area contributed by atoms with Crippen LogP contribution in [0, 0.1) is 0 Å². The molecule has 0 aliphatic heterocycles. The zero-order valence-corrected chi connectivity index (χ0v) is 19.2. The Morgan fingerprint density at radius 3 is 0.545 bits per heavy atom. The molecule has 129 valence electrons. The number of carboxylic acids is 3. The SMILES string of the molecule is O=C(O)C(Cl)(Cl)Cl.O=C(O)C(Cl)(Cl)Cl.O=C(O)C(Cl)(Cl)Cl.[Y]. The largest absolute Gasteiger partial charge is 0.478 e. The van der Waals surface area contributed by atoms with E-state index in [0.717, 1.165) is 0 Å². The van der Waals surface area contributed by atoms with Crippen molar-refractivity contribution in [2.24, 2.45) is 0 Å². The van der Waals surface area contributed by atoms with Gasteiger partial charge in [-0.3, -0.25) is 0 Å². The molecule has 0 aromatic heterocycles. The summed E-state index contributed by atoms with van der Waals surface area (Å²) < 4.78 is -6.50. The molecule has 0 saturated carbocycles. The second kappa shape index (κ2) is 13.3. The molecule has 3 N–H and O–H groups in total. The van der Waals surface area contributed by atoms with Crippen molar-refractivity contribution in [1.82, 2.24) is 0 Å². The second-order valence-corrected chi connectivity index (χ2v) is 9.25. The fraction of sp³-hybridized carbons (Fsp3) is 0.500. The number of hydrogen-bond donors (Lipinski definition) is 3. The smallest absolute Gasteiger partial charge is 0.356 e. The van der Waals surface area contributed by atoms with Crippen LogP contribution < -0.4 is 0 Å². The Bertz CT molecular complexity index is 313. The van der Waals surface area contributed by atoms with E-state index in [0.29, 0.717) is 0 Å².